The standard InChI is InChI=1S/C67H127NO8/c1-3-5-7-9-11-13-15-17-19-21-23-25-27-29-30-31-32-33-35-37-39-41-43-45-47-49-51-53-55-57-63(71)68-60(59-75-67-66(74)65(73)64(72)62(58-69)76-67)61(70)56-54-52-50-48-46-44-42-40-38-36-34-28-26-24-22-20-18-16-14-12-10-8-6-4-2/h15,17,21,23,54,56,60-62,64-67,69-70,72-74H,3-14,16,18-20,22,24-53,55,57-59H2,1-2H3,(H,68,71)/b17-15-,23-21-,56-54+. The van der Waals surface area contributed by atoms with Crippen molar-refractivity contribution in [3.63, 3.8) is 0 Å². The van der Waals surface area contributed by atoms with Crippen molar-refractivity contribution in [2.45, 2.75) is 371 Å². The Morgan fingerprint density at radius 1 is 0.447 bits per heavy atom. The van der Waals surface area contributed by atoms with E-state index in [9.17, 15) is 30.3 Å². The Morgan fingerprint density at radius 3 is 1.13 bits per heavy atom. The number of aliphatic hydroxyl groups excluding tert-OH is 5. The number of hydrogen-bond donors (Lipinski definition) is 6. The quantitative estimate of drug-likeness (QED) is 0.0261. The average molecular weight is 1070 g/mol. The zero-order valence-corrected chi connectivity index (χ0v) is 50.0. The molecule has 0 radical (unpaired) electrons. The SMILES string of the molecule is CCCCCCC/C=C\C/C=C\CCCCCCCCCCCCCCCCCCCC(=O)NC(COC1OC(CO)C(O)C(O)C1O)C(O)/C=C/CCCCCCCCCCCCCCCCCCCCCCCC. The lowest BCUT2D eigenvalue weighted by Gasteiger charge is -2.40. The minimum Gasteiger partial charge on any atom is -0.394 e. The lowest BCUT2D eigenvalue weighted by molar-refractivity contribution is -0.302. The molecule has 1 heterocycles. The number of ether oxygens (including phenoxy) is 2. The third kappa shape index (κ3) is 45.2. The van der Waals surface area contributed by atoms with E-state index in [1.165, 1.54) is 263 Å². The number of nitrogens with one attached hydrogen (secondary N) is 1. The van der Waals surface area contributed by atoms with Gasteiger partial charge in [-0.1, -0.05) is 307 Å². The highest BCUT2D eigenvalue weighted by molar-refractivity contribution is 5.76. The van der Waals surface area contributed by atoms with Gasteiger partial charge in [-0.3, -0.25) is 4.79 Å². The molecular weight excluding hydrogens is 947 g/mol. The van der Waals surface area contributed by atoms with Crippen LogP contribution in [0.4, 0.5) is 0 Å². The number of amides is 1. The van der Waals surface area contributed by atoms with Gasteiger partial charge in [-0.05, 0) is 51.4 Å². The van der Waals surface area contributed by atoms with Crippen molar-refractivity contribution in [1.29, 1.82) is 0 Å². The predicted octanol–water partition coefficient (Wildman–Crippen LogP) is 17.5. The molecular formula is C67H127NO8. The molecule has 1 rings (SSSR count). The lowest BCUT2D eigenvalue weighted by Crippen LogP contribution is -2.60. The molecule has 6 N–H and O–H groups in total. The molecule has 0 aromatic carbocycles. The smallest absolute Gasteiger partial charge is 0.220 e. The molecule has 1 amide bonds. The first-order chi connectivity index (χ1) is 37.3. The van der Waals surface area contributed by atoms with Gasteiger partial charge in [-0.2, -0.15) is 0 Å². The minimum atomic E-state index is -1.57. The van der Waals surface area contributed by atoms with Crippen LogP contribution in [0.15, 0.2) is 36.5 Å². The van der Waals surface area contributed by atoms with E-state index in [4.69, 9.17) is 9.47 Å². The van der Waals surface area contributed by atoms with E-state index in [1.807, 2.05) is 6.08 Å². The summed E-state index contributed by atoms with van der Waals surface area (Å²) in [5, 5.41) is 54.7. The fraction of sp³-hybridized carbons (Fsp3) is 0.896. The van der Waals surface area contributed by atoms with Crippen molar-refractivity contribution in [2.24, 2.45) is 0 Å². The molecule has 1 aliphatic heterocycles. The van der Waals surface area contributed by atoms with Crippen LogP contribution in [0.5, 0.6) is 0 Å². The summed E-state index contributed by atoms with van der Waals surface area (Å²) >= 11 is 0. The molecule has 0 aromatic heterocycles. The van der Waals surface area contributed by atoms with Crippen molar-refractivity contribution in [3.8, 4) is 0 Å². The molecule has 448 valence electrons. The van der Waals surface area contributed by atoms with Crippen molar-refractivity contribution < 1.29 is 39.8 Å². The molecule has 7 unspecified atom stereocenters. The number of carbonyl (C=O) groups excluding carboxylic acids is 1. The topological polar surface area (TPSA) is 149 Å². The van der Waals surface area contributed by atoms with Crippen LogP contribution < -0.4 is 5.32 Å². The van der Waals surface area contributed by atoms with E-state index in [0.717, 1.165) is 44.9 Å². The Kier molecular flexibility index (Phi) is 54.0. The maximum absolute atomic E-state index is 13.1. The zero-order valence-electron chi connectivity index (χ0n) is 50.0. The number of rotatable bonds is 58. The second-order valence-electron chi connectivity index (χ2n) is 23.3. The maximum atomic E-state index is 13.1. The molecule has 0 aromatic rings. The summed E-state index contributed by atoms with van der Waals surface area (Å²) in [6.07, 6.45) is 68.0. The van der Waals surface area contributed by atoms with Gasteiger partial charge < -0.3 is 40.3 Å². The molecule has 0 bridgehead atoms. The Hall–Kier alpha value is -1.59. The summed E-state index contributed by atoms with van der Waals surface area (Å²) in [5.41, 5.74) is 0. The van der Waals surface area contributed by atoms with Gasteiger partial charge in [0.1, 0.15) is 24.4 Å². The van der Waals surface area contributed by atoms with Crippen molar-refractivity contribution >= 4 is 5.91 Å². The van der Waals surface area contributed by atoms with Gasteiger partial charge in [0.15, 0.2) is 6.29 Å². The number of unbranched alkanes of at least 4 members (excludes halogenated alkanes) is 44. The second-order valence-corrected chi connectivity index (χ2v) is 23.3. The van der Waals surface area contributed by atoms with E-state index in [2.05, 4.69) is 43.5 Å². The van der Waals surface area contributed by atoms with Crippen LogP contribution in [0.3, 0.4) is 0 Å². The van der Waals surface area contributed by atoms with Crippen LogP contribution in [0, 0.1) is 0 Å². The third-order valence-corrected chi connectivity index (χ3v) is 16.0. The molecule has 0 spiro atoms. The summed E-state index contributed by atoms with van der Waals surface area (Å²) in [6.45, 7) is 3.82. The Bertz CT molecular complexity index is 1290. The monoisotopic (exact) mass is 1070 g/mol. The van der Waals surface area contributed by atoms with Crippen molar-refractivity contribution in [3.05, 3.63) is 36.5 Å². The van der Waals surface area contributed by atoms with Crippen LogP contribution >= 0.6 is 0 Å². The molecule has 1 aliphatic rings. The summed E-state index contributed by atoms with van der Waals surface area (Å²) in [5.74, 6) is -0.171. The Morgan fingerprint density at radius 2 is 0.776 bits per heavy atom. The molecule has 1 fully saturated rings. The largest absolute Gasteiger partial charge is 0.394 e. The second kappa shape index (κ2) is 56.7. The Labute approximate surface area is 470 Å². The van der Waals surface area contributed by atoms with E-state index in [1.54, 1.807) is 6.08 Å². The Balaban J connectivity index is 2.15. The van der Waals surface area contributed by atoms with Gasteiger partial charge in [0, 0.05) is 6.42 Å². The van der Waals surface area contributed by atoms with Gasteiger partial charge >= 0.3 is 0 Å². The van der Waals surface area contributed by atoms with Crippen molar-refractivity contribution in [2.75, 3.05) is 13.2 Å². The number of allylic oxidation sites excluding steroid dienone is 5. The first-order valence-corrected chi connectivity index (χ1v) is 33.2. The van der Waals surface area contributed by atoms with E-state index in [0.29, 0.717) is 6.42 Å². The van der Waals surface area contributed by atoms with Gasteiger partial charge in [0.05, 0.1) is 25.4 Å². The molecule has 9 nitrogen and oxygen atoms in total. The minimum absolute atomic E-state index is 0.171. The van der Waals surface area contributed by atoms with E-state index < -0.39 is 49.5 Å². The fourth-order valence-corrected chi connectivity index (χ4v) is 10.7. The van der Waals surface area contributed by atoms with Gasteiger partial charge in [0.25, 0.3) is 0 Å². The molecule has 0 saturated carbocycles. The van der Waals surface area contributed by atoms with Gasteiger partial charge in [0.2, 0.25) is 5.91 Å². The van der Waals surface area contributed by atoms with Crippen molar-refractivity contribution in [1.82, 2.24) is 5.32 Å². The highest BCUT2D eigenvalue weighted by Gasteiger charge is 2.44. The van der Waals surface area contributed by atoms with Crippen LogP contribution in [0.2, 0.25) is 0 Å². The highest BCUT2D eigenvalue weighted by atomic mass is 16.7. The van der Waals surface area contributed by atoms with E-state index in [-0.39, 0.29) is 12.5 Å². The van der Waals surface area contributed by atoms with Crippen LogP contribution in [0.25, 0.3) is 0 Å². The summed E-state index contributed by atoms with van der Waals surface area (Å²) < 4.78 is 11.3. The summed E-state index contributed by atoms with van der Waals surface area (Å²) in [7, 11) is 0. The molecule has 9 heteroatoms. The fourth-order valence-electron chi connectivity index (χ4n) is 10.7. The summed E-state index contributed by atoms with van der Waals surface area (Å²) in [4.78, 5) is 13.1. The van der Waals surface area contributed by atoms with Crippen LogP contribution in [-0.4, -0.2) is 87.5 Å². The van der Waals surface area contributed by atoms with Crippen LogP contribution in [0.1, 0.15) is 328 Å². The lowest BCUT2D eigenvalue weighted by atomic mass is 9.99. The molecule has 76 heavy (non-hydrogen) atoms. The normalized spacial score (nSPS) is 19.0. The molecule has 0 aliphatic carbocycles. The van der Waals surface area contributed by atoms with Crippen LogP contribution in [-0.2, 0) is 14.3 Å². The number of carbonyl (C=O) groups is 1. The zero-order chi connectivity index (χ0) is 55.0. The van der Waals surface area contributed by atoms with Gasteiger partial charge in [-0.25, -0.2) is 0 Å². The van der Waals surface area contributed by atoms with Gasteiger partial charge in [-0.15, -0.1) is 0 Å². The first-order valence-electron chi connectivity index (χ1n) is 33.2. The number of hydrogen-bond acceptors (Lipinski definition) is 8. The summed E-state index contributed by atoms with van der Waals surface area (Å²) in [6, 6.07) is -0.805. The molecule has 1 saturated heterocycles. The average Bonchev–Trinajstić information content (AvgIpc) is 3.42. The number of aliphatic hydroxyl groups is 5. The third-order valence-electron chi connectivity index (χ3n) is 16.0. The highest BCUT2D eigenvalue weighted by Crippen LogP contribution is 2.23. The molecule has 7 atom stereocenters. The maximum Gasteiger partial charge on any atom is 0.220 e. The predicted molar refractivity (Wildman–Crippen MR) is 323 cm³/mol. The first kappa shape index (κ1) is 72.4. The van der Waals surface area contributed by atoms with E-state index >= 15 is 0 Å².